The summed E-state index contributed by atoms with van der Waals surface area (Å²) in [6.07, 6.45) is 8.28. The fourth-order valence-corrected chi connectivity index (χ4v) is 2.70. The lowest BCUT2D eigenvalue weighted by Gasteiger charge is -2.10. The SMILES string of the molecule is COc1ncccc1NC(=O)c1cc(F)cc(-c2cnc3nccn3c2)c1. The predicted octanol–water partition coefficient (Wildman–Crippen LogP) is 3.19. The van der Waals surface area contributed by atoms with Crippen LogP contribution >= 0.6 is 0 Å². The molecule has 0 saturated carbocycles. The lowest BCUT2D eigenvalue weighted by molar-refractivity contribution is 0.102. The van der Waals surface area contributed by atoms with Gasteiger partial charge in [0.25, 0.3) is 5.91 Å². The first-order valence-electron chi connectivity index (χ1n) is 8.04. The van der Waals surface area contributed by atoms with Crippen molar-refractivity contribution in [2.45, 2.75) is 0 Å². The Balaban J connectivity index is 1.68. The van der Waals surface area contributed by atoms with E-state index in [4.69, 9.17) is 4.74 Å². The van der Waals surface area contributed by atoms with Crippen LogP contribution in [0.15, 0.2) is 61.3 Å². The van der Waals surface area contributed by atoms with E-state index in [1.807, 2.05) is 0 Å². The zero-order chi connectivity index (χ0) is 18.8. The molecule has 0 bridgehead atoms. The maximum atomic E-state index is 14.2. The molecule has 3 heterocycles. The summed E-state index contributed by atoms with van der Waals surface area (Å²) in [5.41, 5.74) is 1.76. The molecule has 0 aliphatic rings. The number of nitrogens with zero attached hydrogens (tertiary/aromatic N) is 4. The topological polar surface area (TPSA) is 81.4 Å². The molecule has 0 unspecified atom stereocenters. The van der Waals surface area contributed by atoms with Crippen LogP contribution < -0.4 is 10.1 Å². The van der Waals surface area contributed by atoms with Crippen LogP contribution in [0.5, 0.6) is 5.88 Å². The second-order valence-electron chi connectivity index (χ2n) is 5.72. The fraction of sp³-hybridized carbons (Fsp3) is 0.0526. The number of carbonyl (C=O) groups is 1. The molecule has 0 aliphatic carbocycles. The Hall–Kier alpha value is -3.81. The number of aromatic nitrogens is 4. The van der Waals surface area contributed by atoms with Gasteiger partial charge in [0.2, 0.25) is 11.7 Å². The molecule has 134 valence electrons. The van der Waals surface area contributed by atoms with Crippen molar-refractivity contribution in [2.75, 3.05) is 12.4 Å². The number of nitrogens with one attached hydrogen (secondary N) is 1. The molecule has 1 aromatic carbocycles. The molecular weight excluding hydrogens is 349 g/mol. The Labute approximate surface area is 153 Å². The van der Waals surface area contributed by atoms with Gasteiger partial charge in [-0.3, -0.25) is 9.20 Å². The highest BCUT2D eigenvalue weighted by atomic mass is 19.1. The third-order valence-electron chi connectivity index (χ3n) is 3.95. The number of amides is 1. The summed E-state index contributed by atoms with van der Waals surface area (Å²) < 4.78 is 21.0. The lowest BCUT2D eigenvalue weighted by atomic mass is 10.0. The first-order valence-corrected chi connectivity index (χ1v) is 8.04. The Kier molecular flexibility index (Phi) is 4.21. The Morgan fingerprint density at radius 1 is 1.15 bits per heavy atom. The van der Waals surface area contributed by atoms with E-state index in [0.29, 0.717) is 22.6 Å². The van der Waals surface area contributed by atoms with Gasteiger partial charge in [-0.1, -0.05) is 0 Å². The van der Waals surface area contributed by atoms with E-state index < -0.39 is 11.7 Å². The number of hydrogen-bond acceptors (Lipinski definition) is 5. The molecule has 1 N–H and O–H groups in total. The number of imidazole rings is 1. The average Bonchev–Trinajstić information content (AvgIpc) is 3.15. The van der Waals surface area contributed by atoms with Crippen LogP contribution in [0.1, 0.15) is 10.4 Å². The standard InChI is InChI=1S/C19H14FN5O2/c1-27-18-16(3-2-4-21-18)24-17(26)13-7-12(8-15(20)9-13)14-10-23-19-22-5-6-25(19)11-14/h2-11H,1H3,(H,24,26). The maximum absolute atomic E-state index is 14.2. The molecular formula is C19H14FN5O2. The minimum atomic E-state index is -0.526. The molecule has 0 radical (unpaired) electrons. The number of halogens is 1. The summed E-state index contributed by atoms with van der Waals surface area (Å²) in [5, 5.41) is 2.69. The predicted molar refractivity (Wildman–Crippen MR) is 97.1 cm³/mol. The van der Waals surface area contributed by atoms with Crippen molar-refractivity contribution in [2.24, 2.45) is 0 Å². The largest absolute Gasteiger partial charge is 0.480 e. The molecule has 4 rings (SSSR count). The molecule has 8 heteroatoms. The third-order valence-corrected chi connectivity index (χ3v) is 3.95. The van der Waals surface area contributed by atoms with Crippen molar-refractivity contribution in [1.82, 2.24) is 19.4 Å². The highest BCUT2D eigenvalue weighted by molar-refractivity contribution is 6.05. The number of ether oxygens (including phenoxy) is 1. The molecule has 0 aliphatic heterocycles. The fourth-order valence-electron chi connectivity index (χ4n) is 2.70. The minimum Gasteiger partial charge on any atom is -0.480 e. The van der Waals surface area contributed by atoms with Gasteiger partial charge in [-0.15, -0.1) is 0 Å². The van der Waals surface area contributed by atoms with E-state index in [1.165, 1.54) is 19.2 Å². The van der Waals surface area contributed by atoms with Crippen molar-refractivity contribution in [3.63, 3.8) is 0 Å². The van der Waals surface area contributed by atoms with E-state index in [9.17, 15) is 9.18 Å². The van der Waals surface area contributed by atoms with Crippen LogP contribution in [-0.4, -0.2) is 32.4 Å². The van der Waals surface area contributed by atoms with Crippen LogP contribution in [0.3, 0.4) is 0 Å². The van der Waals surface area contributed by atoms with E-state index in [1.54, 1.807) is 53.6 Å². The van der Waals surface area contributed by atoms with Crippen LogP contribution in [0.2, 0.25) is 0 Å². The summed E-state index contributed by atoms with van der Waals surface area (Å²) in [7, 11) is 1.46. The van der Waals surface area contributed by atoms with E-state index >= 15 is 0 Å². The minimum absolute atomic E-state index is 0.168. The van der Waals surface area contributed by atoms with Gasteiger partial charge in [-0.2, -0.15) is 0 Å². The van der Waals surface area contributed by atoms with Crippen LogP contribution in [0, 0.1) is 5.82 Å². The molecule has 0 fully saturated rings. The first kappa shape index (κ1) is 16.6. The number of carbonyl (C=O) groups excluding carboxylic acids is 1. The number of methoxy groups -OCH3 is 1. The van der Waals surface area contributed by atoms with Gasteiger partial charge in [-0.05, 0) is 35.9 Å². The summed E-state index contributed by atoms with van der Waals surface area (Å²) in [6.45, 7) is 0. The van der Waals surface area contributed by atoms with Crippen LogP contribution in [-0.2, 0) is 0 Å². The van der Waals surface area contributed by atoms with Crippen LogP contribution in [0.25, 0.3) is 16.9 Å². The van der Waals surface area contributed by atoms with Crippen molar-refractivity contribution < 1.29 is 13.9 Å². The zero-order valence-corrected chi connectivity index (χ0v) is 14.3. The number of pyridine rings is 1. The summed E-state index contributed by atoms with van der Waals surface area (Å²) in [5.74, 6) is -0.186. The monoisotopic (exact) mass is 363 g/mol. The first-order chi connectivity index (χ1) is 13.1. The quantitative estimate of drug-likeness (QED) is 0.602. The molecule has 0 atom stereocenters. The normalized spacial score (nSPS) is 10.7. The zero-order valence-electron chi connectivity index (χ0n) is 14.3. The number of rotatable bonds is 4. The number of fused-ring (bicyclic) bond motifs is 1. The van der Waals surface area contributed by atoms with Gasteiger partial charge >= 0.3 is 0 Å². The maximum Gasteiger partial charge on any atom is 0.255 e. The summed E-state index contributed by atoms with van der Waals surface area (Å²) >= 11 is 0. The molecule has 1 amide bonds. The average molecular weight is 363 g/mol. The second-order valence-corrected chi connectivity index (χ2v) is 5.72. The molecule has 0 spiro atoms. The summed E-state index contributed by atoms with van der Waals surface area (Å²) in [4.78, 5) is 24.9. The van der Waals surface area contributed by atoms with Crippen molar-refractivity contribution in [3.8, 4) is 17.0 Å². The molecule has 0 saturated heterocycles. The van der Waals surface area contributed by atoms with E-state index in [0.717, 1.165) is 0 Å². The van der Waals surface area contributed by atoms with E-state index in [2.05, 4.69) is 20.3 Å². The molecule has 7 nitrogen and oxygen atoms in total. The van der Waals surface area contributed by atoms with Gasteiger partial charge in [0.1, 0.15) is 11.5 Å². The Bertz CT molecular complexity index is 1140. The van der Waals surface area contributed by atoms with Gasteiger partial charge < -0.3 is 10.1 Å². The molecule has 4 aromatic rings. The van der Waals surface area contributed by atoms with Crippen molar-refractivity contribution in [3.05, 3.63) is 72.7 Å². The number of benzene rings is 1. The number of anilines is 1. The van der Waals surface area contributed by atoms with Crippen LogP contribution in [0.4, 0.5) is 10.1 Å². The Morgan fingerprint density at radius 2 is 2.04 bits per heavy atom. The molecule has 3 aromatic heterocycles. The molecule has 27 heavy (non-hydrogen) atoms. The highest BCUT2D eigenvalue weighted by Gasteiger charge is 2.13. The van der Waals surface area contributed by atoms with Gasteiger partial charge in [0, 0.05) is 42.1 Å². The smallest absolute Gasteiger partial charge is 0.255 e. The summed E-state index contributed by atoms with van der Waals surface area (Å²) in [6, 6.07) is 7.44. The van der Waals surface area contributed by atoms with Crippen molar-refractivity contribution in [1.29, 1.82) is 0 Å². The van der Waals surface area contributed by atoms with Crippen molar-refractivity contribution >= 4 is 17.4 Å². The highest BCUT2D eigenvalue weighted by Crippen LogP contribution is 2.24. The number of hydrogen-bond donors (Lipinski definition) is 1. The van der Waals surface area contributed by atoms with Gasteiger partial charge in [0.05, 0.1) is 7.11 Å². The Morgan fingerprint density at radius 3 is 2.89 bits per heavy atom. The van der Waals surface area contributed by atoms with Gasteiger partial charge in [-0.25, -0.2) is 19.3 Å². The third kappa shape index (κ3) is 3.32. The lowest BCUT2D eigenvalue weighted by Crippen LogP contribution is -2.13. The second kappa shape index (κ2) is 6.83. The van der Waals surface area contributed by atoms with E-state index in [-0.39, 0.29) is 11.4 Å². The van der Waals surface area contributed by atoms with Gasteiger partial charge in [0.15, 0.2) is 0 Å².